The minimum Gasteiger partial charge on any atom is -0.0654 e. The van der Waals surface area contributed by atoms with E-state index in [9.17, 15) is 0 Å². The van der Waals surface area contributed by atoms with Gasteiger partial charge in [-0.1, -0.05) is 25.5 Å². The van der Waals surface area contributed by atoms with Crippen LogP contribution in [0.1, 0.15) is 30.9 Å². The molecule has 0 saturated heterocycles. The van der Waals surface area contributed by atoms with E-state index in [1.807, 2.05) is 6.07 Å². The third-order valence-corrected chi connectivity index (χ3v) is 4.61. The molecule has 0 aliphatic rings. The molecule has 13 heavy (non-hydrogen) atoms. The van der Waals surface area contributed by atoms with Crippen LogP contribution in [0.15, 0.2) is 27.1 Å². The van der Waals surface area contributed by atoms with Crippen LogP contribution in [-0.2, 0) is 0 Å². The molecule has 69 valence electrons. The highest BCUT2D eigenvalue weighted by Crippen LogP contribution is 2.31. The molecule has 0 heterocycles. The van der Waals surface area contributed by atoms with Crippen LogP contribution in [-0.4, -0.2) is 10.2 Å². The van der Waals surface area contributed by atoms with Crippen LogP contribution in [0.5, 0.6) is 0 Å². The summed E-state index contributed by atoms with van der Waals surface area (Å²) in [6.07, 6.45) is 2.35. The molecule has 0 amide bonds. The van der Waals surface area contributed by atoms with Crippen molar-refractivity contribution in [2.75, 3.05) is 0 Å². The Bertz CT molecular complexity index is 286. The maximum absolute atomic E-state index is 3.73. The van der Waals surface area contributed by atoms with Crippen LogP contribution in [0, 0.1) is 0 Å². The van der Waals surface area contributed by atoms with Gasteiger partial charge in [-0.3, -0.25) is 0 Å². The van der Waals surface area contributed by atoms with E-state index in [-0.39, 0.29) is 0 Å². The van der Waals surface area contributed by atoms with Crippen molar-refractivity contribution in [1.82, 2.24) is 0 Å². The molecule has 1 atom stereocenters. The third kappa shape index (κ3) is 2.93. The minimum absolute atomic E-state index is 0.442. The van der Waals surface area contributed by atoms with Gasteiger partial charge in [0, 0.05) is 19.2 Å². The molecule has 0 spiro atoms. The van der Waals surface area contributed by atoms with Crippen molar-refractivity contribution in [2.24, 2.45) is 0 Å². The van der Waals surface area contributed by atoms with Crippen LogP contribution in [0.25, 0.3) is 0 Å². The molecule has 0 aliphatic carbocycles. The Kier molecular flexibility index (Phi) is 4.69. The summed E-state index contributed by atoms with van der Waals surface area (Å²) >= 11 is 7.07. The second kappa shape index (κ2) is 5.32. The molecule has 1 aromatic carbocycles. The molecule has 0 N–H and O–H groups in total. The zero-order chi connectivity index (χ0) is 9.84. The van der Waals surface area contributed by atoms with Gasteiger partial charge in [-0.05, 0) is 55.5 Å². The van der Waals surface area contributed by atoms with Crippen molar-refractivity contribution < 1.29 is 0 Å². The van der Waals surface area contributed by atoms with E-state index in [1.165, 1.54) is 12.0 Å². The topological polar surface area (TPSA) is 0 Å². The molecule has 1 aromatic rings. The Labute approximate surface area is 99.8 Å². The first kappa shape index (κ1) is 11.5. The van der Waals surface area contributed by atoms with Gasteiger partial charge >= 0.3 is 0 Å². The normalized spacial score (nSPS) is 12.9. The van der Waals surface area contributed by atoms with Crippen LogP contribution >= 0.6 is 31.9 Å². The Hall–Kier alpha value is 0.397. The average Bonchev–Trinajstić information content (AvgIpc) is 2.10. The number of hydrogen-bond donors (Lipinski definition) is 0. The summed E-state index contributed by atoms with van der Waals surface area (Å²) in [6, 6.07) is 6.24. The minimum atomic E-state index is 0.442. The van der Waals surface area contributed by atoms with E-state index >= 15 is 0 Å². The highest BCUT2D eigenvalue weighted by Gasteiger charge is 2.09. The molecular formula is C10H11Br2Si. The van der Waals surface area contributed by atoms with Crippen molar-refractivity contribution in [3.8, 4) is 0 Å². The zero-order valence-electron chi connectivity index (χ0n) is 7.48. The van der Waals surface area contributed by atoms with E-state index in [1.54, 1.807) is 0 Å². The number of halogens is 2. The van der Waals surface area contributed by atoms with Gasteiger partial charge in [-0.25, -0.2) is 0 Å². The lowest BCUT2D eigenvalue weighted by molar-refractivity contribution is 0.766. The molecule has 1 unspecified atom stereocenters. The van der Waals surface area contributed by atoms with Crippen molar-refractivity contribution in [1.29, 1.82) is 0 Å². The van der Waals surface area contributed by atoms with Gasteiger partial charge in [0.15, 0.2) is 0 Å². The van der Waals surface area contributed by atoms with Crippen LogP contribution in [0.4, 0.5) is 0 Å². The maximum Gasteiger partial charge on any atom is 0.0349 e. The Morgan fingerprint density at radius 3 is 2.69 bits per heavy atom. The monoisotopic (exact) mass is 317 g/mol. The van der Waals surface area contributed by atoms with Crippen molar-refractivity contribution >= 4 is 42.1 Å². The Morgan fingerprint density at radius 2 is 2.08 bits per heavy atom. The fourth-order valence-electron chi connectivity index (χ4n) is 1.23. The quantitative estimate of drug-likeness (QED) is 0.732. The lowest BCUT2D eigenvalue weighted by atomic mass is 10.1. The summed E-state index contributed by atoms with van der Waals surface area (Å²) in [5, 5.41) is 0. The van der Waals surface area contributed by atoms with Gasteiger partial charge < -0.3 is 0 Å². The first-order chi connectivity index (χ1) is 6.16. The average molecular weight is 319 g/mol. The molecule has 0 aromatic heterocycles. The predicted molar refractivity (Wildman–Crippen MR) is 65.2 cm³/mol. The molecule has 0 bridgehead atoms. The highest BCUT2D eigenvalue weighted by molar-refractivity contribution is 9.13. The SMILES string of the molecule is CCCC([Si])c1cccc(Br)c1Br. The second-order valence-corrected chi connectivity index (χ2v) is 5.33. The van der Waals surface area contributed by atoms with E-state index in [2.05, 4.69) is 61.2 Å². The molecule has 0 nitrogen and oxygen atoms in total. The van der Waals surface area contributed by atoms with Crippen molar-refractivity contribution in [3.05, 3.63) is 32.7 Å². The highest BCUT2D eigenvalue weighted by atomic mass is 79.9. The standard InChI is InChI=1S/C10H11Br2Si/c1-2-4-9(13)7-5-3-6-8(11)10(7)12/h3,5-6,9H,2,4H2,1H3. The summed E-state index contributed by atoms with van der Waals surface area (Å²) in [6.45, 7) is 2.19. The summed E-state index contributed by atoms with van der Waals surface area (Å²) in [4.78, 5) is 0. The lowest BCUT2D eigenvalue weighted by Crippen LogP contribution is -1.98. The lowest BCUT2D eigenvalue weighted by Gasteiger charge is -2.13. The molecule has 3 radical (unpaired) electrons. The molecule has 0 fully saturated rings. The summed E-state index contributed by atoms with van der Waals surface area (Å²) < 4.78 is 2.27. The molecule has 0 aliphatic heterocycles. The molecule has 0 saturated carbocycles. The maximum atomic E-state index is 3.73. The van der Waals surface area contributed by atoms with E-state index in [0.717, 1.165) is 15.4 Å². The molecule has 3 heteroatoms. The van der Waals surface area contributed by atoms with Crippen LogP contribution in [0.2, 0.25) is 0 Å². The summed E-state index contributed by atoms with van der Waals surface area (Å²) in [5.41, 5.74) is 1.75. The number of rotatable bonds is 3. The van der Waals surface area contributed by atoms with E-state index in [0.29, 0.717) is 5.54 Å². The van der Waals surface area contributed by atoms with Gasteiger partial charge in [0.05, 0.1) is 0 Å². The van der Waals surface area contributed by atoms with Crippen molar-refractivity contribution in [3.63, 3.8) is 0 Å². The van der Waals surface area contributed by atoms with E-state index in [4.69, 9.17) is 0 Å². The first-order valence-electron chi connectivity index (χ1n) is 4.31. The largest absolute Gasteiger partial charge is 0.0654 e. The van der Waals surface area contributed by atoms with Gasteiger partial charge in [0.2, 0.25) is 0 Å². The van der Waals surface area contributed by atoms with Gasteiger partial charge in [0.1, 0.15) is 0 Å². The molecule has 1 rings (SSSR count). The van der Waals surface area contributed by atoms with Gasteiger partial charge in [-0.15, -0.1) is 0 Å². The molecular weight excluding hydrogens is 308 g/mol. The first-order valence-corrected chi connectivity index (χ1v) is 6.48. The smallest absolute Gasteiger partial charge is 0.0349 e. The fraction of sp³-hybridized carbons (Fsp3) is 0.400. The number of hydrogen-bond acceptors (Lipinski definition) is 0. The van der Waals surface area contributed by atoms with Gasteiger partial charge in [0.25, 0.3) is 0 Å². The summed E-state index contributed by atoms with van der Waals surface area (Å²) in [5.74, 6) is 0. The predicted octanol–water partition coefficient (Wildman–Crippen LogP) is 4.22. The second-order valence-electron chi connectivity index (χ2n) is 2.98. The third-order valence-electron chi connectivity index (χ3n) is 1.93. The number of benzene rings is 1. The summed E-state index contributed by atoms with van der Waals surface area (Å²) in [7, 11) is 3.73. The van der Waals surface area contributed by atoms with Gasteiger partial charge in [-0.2, -0.15) is 0 Å². The van der Waals surface area contributed by atoms with Crippen LogP contribution in [0.3, 0.4) is 0 Å². The van der Waals surface area contributed by atoms with Crippen molar-refractivity contribution in [2.45, 2.75) is 25.3 Å². The van der Waals surface area contributed by atoms with E-state index < -0.39 is 0 Å². The Morgan fingerprint density at radius 1 is 1.38 bits per heavy atom. The van der Waals surface area contributed by atoms with Crippen LogP contribution < -0.4 is 0 Å². The Balaban J connectivity index is 2.93. The fourth-order valence-corrected chi connectivity index (χ4v) is 2.90. The zero-order valence-corrected chi connectivity index (χ0v) is 11.7.